The first kappa shape index (κ1) is 10.7. The minimum Gasteiger partial charge on any atom is -0.355 e. The Morgan fingerprint density at radius 2 is 2.25 bits per heavy atom. The standard InChI is InChI=1S/C12H15N3O/c1-2-14-11(16)8-15-7-9-5-3-4-6-10(9)12(15)13/h3-6,13H,2,7-8H2,1H3,(H,14,16). The Balaban J connectivity index is 2.07. The van der Waals surface area contributed by atoms with Crippen molar-refractivity contribution in [3.05, 3.63) is 35.4 Å². The van der Waals surface area contributed by atoms with Gasteiger partial charge in [0, 0.05) is 18.7 Å². The van der Waals surface area contributed by atoms with Crippen LogP contribution in [0.5, 0.6) is 0 Å². The lowest BCUT2D eigenvalue weighted by atomic mass is 10.1. The minimum atomic E-state index is -0.0277. The molecule has 4 heteroatoms. The molecule has 2 rings (SSSR count). The predicted octanol–water partition coefficient (Wildman–Crippen LogP) is 0.964. The van der Waals surface area contributed by atoms with Gasteiger partial charge in [-0.15, -0.1) is 0 Å². The van der Waals surface area contributed by atoms with Crippen molar-refractivity contribution in [2.24, 2.45) is 0 Å². The molecule has 1 aliphatic rings. The van der Waals surface area contributed by atoms with Gasteiger partial charge in [-0.25, -0.2) is 0 Å². The van der Waals surface area contributed by atoms with Crippen LogP contribution in [0.15, 0.2) is 24.3 Å². The summed E-state index contributed by atoms with van der Waals surface area (Å²) in [6.07, 6.45) is 0. The molecule has 0 aliphatic carbocycles. The molecule has 0 aromatic heterocycles. The fourth-order valence-corrected chi connectivity index (χ4v) is 1.91. The van der Waals surface area contributed by atoms with Gasteiger partial charge in [-0.05, 0) is 12.5 Å². The van der Waals surface area contributed by atoms with Crippen LogP contribution in [-0.2, 0) is 11.3 Å². The van der Waals surface area contributed by atoms with Crippen molar-refractivity contribution < 1.29 is 4.79 Å². The highest BCUT2D eigenvalue weighted by atomic mass is 16.2. The second kappa shape index (κ2) is 4.35. The van der Waals surface area contributed by atoms with Crippen molar-refractivity contribution in [2.75, 3.05) is 13.1 Å². The SMILES string of the molecule is CCNC(=O)CN1Cc2ccccc2C1=N. The van der Waals surface area contributed by atoms with E-state index < -0.39 is 0 Å². The van der Waals surface area contributed by atoms with Gasteiger partial charge in [-0.1, -0.05) is 24.3 Å². The quantitative estimate of drug-likeness (QED) is 0.792. The number of likely N-dealkylation sites (N-methyl/N-ethyl adjacent to an activating group) is 1. The molecular formula is C12H15N3O. The average molecular weight is 217 g/mol. The summed E-state index contributed by atoms with van der Waals surface area (Å²) in [5, 5.41) is 10.7. The summed E-state index contributed by atoms with van der Waals surface area (Å²) in [7, 11) is 0. The van der Waals surface area contributed by atoms with E-state index in [-0.39, 0.29) is 12.5 Å². The van der Waals surface area contributed by atoms with E-state index in [1.165, 1.54) is 0 Å². The van der Waals surface area contributed by atoms with Crippen molar-refractivity contribution in [2.45, 2.75) is 13.5 Å². The molecule has 16 heavy (non-hydrogen) atoms. The summed E-state index contributed by atoms with van der Waals surface area (Å²) in [5.74, 6) is 0.418. The molecule has 4 nitrogen and oxygen atoms in total. The van der Waals surface area contributed by atoms with E-state index in [4.69, 9.17) is 5.41 Å². The number of nitrogens with one attached hydrogen (secondary N) is 2. The Labute approximate surface area is 94.8 Å². The Bertz CT molecular complexity index is 428. The Hall–Kier alpha value is -1.84. The number of carbonyl (C=O) groups excluding carboxylic acids is 1. The molecule has 0 spiro atoms. The number of rotatable bonds is 3. The van der Waals surface area contributed by atoms with E-state index in [9.17, 15) is 4.79 Å². The van der Waals surface area contributed by atoms with E-state index >= 15 is 0 Å². The van der Waals surface area contributed by atoms with Crippen LogP contribution in [0.2, 0.25) is 0 Å². The number of hydrogen-bond acceptors (Lipinski definition) is 2. The van der Waals surface area contributed by atoms with Gasteiger partial charge >= 0.3 is 0 Å². The van der Waals surface area contributed by atoms with Crippen LogP contribution in [0.3, 0.4) is 0 Å². The fraction of sp³-hybridized carbons (Fsp3) is 0.333. The monoisotopic (exact) mass is 217 g/mol. The van der Waals surface area contributed by atoms with Crippen LogP contribution < -0.4 is 5.32 Å². The van der Waals surface area contributed by atoms with E-state index in [2.05, 4.69) is 5.32 Å². The maximum Gasteiger partial charge on any atom is 0.239 e. The van der Waals surface area contributed by atoms with Gasteiger partial charge in [0.15, 0.2) is 0 Å². The van der Waals surface area contributed by atoms with E-state index in [1.54, 1.807) is 4.90 Å². The molecule has 84 valence electrons. The zero-order valence-electron chi connectivity index (χ0n) is 9.29. The molecule has 1 aliphatic heterocycles. The van der Waals surface area contributed by atoms with Crippen molar-refractivity contribution in [1.29, 1.82) is 5.41 Å². The fourth-order valence-electron chi connectivity index (χ4n) is 1.91. The number of amidine groups is 1. The molecule has 2 N–H and O–H groups in total. The molecule has 0 saturated carbocycles. The van der Waals surface area contributed by atoms with Crippen LogP contribution in [0.1, 0.15) is 18.1 Å². The molecule has 1 aromatic rings. The highest BCUT2D eigenvalue weighted by Crippen LogP contribution is 2.21. The topological polar surface area (TPSA) is 56.2 Å². The van der Waals surface area contributed by atoms with Crippen LogP contribution in [0.4, 0.5) is 0 Å². The minimum absolute atomic E-state index is 0.0277. The molecule has 0 bridgehead atoms. The largest absolute Gasteiger partial charge is 0.355 e. The predicted molar refractivity (Wildman–Crippen MR) is 62.4 cm³/mol. The van der Waals surface area contributed by atoms with E-state index in [0.29, 0.717) is 18.9 Å². The average Bonchev–Trinajstić information content (AvgIpc) is 2.57. The number of amides is 1. The first-order valence-corrected chi connectivity index (χ1v) is 5.41. The Kier molecular flexibility index (Phi) is 2.90. The van der Waals surface area contributed by atoms with Gasteiger partial charge in [-0.3, -0.25) is 10.2 Å². The first-order chi connectivity index (χ1) is 7.72. The smallest absolute Gasteiger partial charge is 0.239 e. The maximum absolute atomic E-state index is 11.4. The second-order valence-corrected chi connectivity index (χ2v) is 3.82. The van der Waals surface area contributed by atoms with E-state index in [1.807, 2.05) is 31.2 Å². The van der Waals surface area contributed by atoms with Crippen LogP contribution >= 0.6 is 0 Å². The molecule has 1 amide bonds. The molecule has 0 saturated heterocycles. The van der Waals surface area contributed by atoms with Crippen LogP contribution in [0, 0.1) is 5.41 Å². The molecule has 1 heterocycles. The van der Waals surface area contributed by atoms with Crippen LogP contribution in [0.25, 0.3) is 0 Å². The summed E-state index contributed by atoms with van der Waals surface area (Å²) in [6, 6.07) is 7.81. The Morgan fingerprint density at radius 3 is 2.94 bits per heavy atom. The van der Waals surface area contributed by atoms with Gasteiger partial charge in [-0.2, -0.15) is 0 Å². The summed E-state index contributed by atoms with van der Waals surface area (Å²) >= 11 is 0. The lowest BCUT2D eigenvalue weighted by Gasteiger charge is -2.16. The second-order valence-electron chi connectivity index (χ2n) is 3.82. The highest BCUT2D eigenvalue weighted by Gasteiger charge is 2.24. The zero-order chi connectivity index (χ0) is 11.5. The Morgan fingerprint density at radius 1 is 1.50 bits per heavy atom. The van der Waals surface area contributed by atoms with Gasteiger partial charge in [0.1, 0.15) is 5.84 Å². The summed E-state index contributed by atoms with van der Waals surface area (Å²) < 4.78 is 0. The maximum atomic E-state index is 11.4. The number of nitrogens with zero attached hydrogens (tertiary/aromatic N) is 1. The number of carbonyl (C=O) groups is 1. The third-order valence-corrected chi connectivity index (χ3v) is 2.66. The third-order valence-electron chi connectivity index (χ3n) is 2.66. The lowest BCUT2D eigenvalue weighted by molar-refractivity contribution is -0.121. The summed E-state index contributed by atoms with van der Waals surface area (Å²) in [4.78, 5) is 13.2. The van der Waals surface area contributed by atoms with Crippen molar-refractivity contribution in [3.63, 3.8) is 0 Å². The normalized spacial score (nSPS) is 13.8. The molecule has 0 fully saturated rings. The van der Waals surface area contributed by atoms with Crippen molar-refractivity contribution >= 4 is 11.7 Å². The molecule has 0 radical (unpaired) electrons. The van der Waals surface area contributed by atoms with Gasteiger partial charge in [0.2, 0.25) is 5.91 Å². The van der Waals surface area contributed by atoms with Gasteiger partial charge in [0.05, 0.1) is 6.54 Å². The summed E-state index contributed by atoms with van der Waals surface area (Å²) in [5.41, 5.74) is 2.06. The number of benzene rings is 1. The lowest BCUT2D eigenvalue weighted by Crippen LogP contribution is -2.37. The molecular weight excluding hydrogens is 202 g/mol. The van der Waals surface area contributed by atoms with Crippen molar-refractivity contribution in [3.8, 4) is 0 Å². The highest BCUT2D eigenvalue weighted by molar-refractivity contribution is 6.01. The van der Waals surface area contributed by atoms with Crippen LogP contribution in [-0.4, -0.2) is 29.7 Å². The number of hydrogen-bond donors (Lipinski definition) is 2. The molecule has 1 aromatic carbocycles. The van der Waals surface area contributed by atoms with Gasteiger partial charge < -0.3 is 10.2 Å². The zero-order valence-corrected chi connectivity index (χ0v) is 9.29. The summed E-state index contributed by atoms with van der Waals surface area (Å²) in [6.45, 7) is 3.45. The molecule has 0 atom stereocenters. The first-order valence-electron chi connectivity index (χ1n) is 5.41. The van der Waals surface area contributed by atoms with E-state index in [0.717, 1.165) is 11.1 Å². The van der Waals surface area contributed by atoms with Gasteiger partial charge in [0.25, 0.3) is 0 Å². The molecule has 0 unspecified atom stereocenters. The third kappa shape index (κ3) is 1.91. The van der Waals surface area contributed by atoms with Crippen molar-refractivity contribution in [1.82, 2.24) is 10.2 Å². The number of fused-ring (bicyclic) bond motifs is 1.